The molecule has 0 aliphatic carbocycles. The Balaban J connectivity index is 1.80. The Morgan fingerprint density at radius 2 is 2.00 bits per heavy atom. The van der Waals surface area contributed by atoms with Crippen molar-refractivity contribution in [3.05, 3.63) is 52.2 Å². The third-order valence-corrected chi connectivity index (χ3v) is 3.82. The zero-order chi connectivity index (χ0) is 15.1. The number of amides is 1. The number of ether oxygens (including phenoxy) is 1. The van der Waals surface area contributed by atoms with E-state index in [0.29, 0.717) is 12.3 Å². The Hall–Kier alpha value is -1.85. The lowest BCUT2D eigenvalue weighted by atomic mass is 10.2. The first-order chi connectivity index (χ1) is 10.2. The monoisotopic (exact) mass is 304 g/mol. The number of likely N-dealkylation sites (N-methyl/N-ethyl adjacent to an activating group) is 1. The second kappa shape index (κ2) is 7.81. The van der Waals surface area contributed by atoms with Crippen LogP contribution in [-0.2, 0) is 17.9 Å². The Morgan fingerprint density at radius 1 is 1.24 bits per heavy atom. The third-order valence-electron chi connectivity index (χ3n) is 3.09. The van der Waals surface area contributed by atoms with Gasteiger partial charge in [0.05, 0.1) is 0 Å². The molecule has 0 spiro atoms. The van der Waals surface area contributed by atoms with Crippen LogP contribution in [0.1, 0.15) is 11.1 Å². The van der Waals surface area contributed by atoms with Crippen molar-refractivity contribution in [2.75, 3.05) is 20.7 Å². The fourth-order valence-corrected chi connectivity index (χ4v) is 2.57. The van der Waals surface area contributed by atoms with Gasteiger partial charge in [0.1, 0.15) is 5.75 Å². The van der Waals surface area contributed by atoms with E-state index in [9.17, 15) is 4.79 Å². The third kappa shape index (κ3) is 4.88. The summed E-state index contributed by atoms with van der Waals surface area (Å²) in [6.45, 7) is 1.50. The Bertz CT molecular complexity index is 552. The van der Waals surface area contributed by atoms with Crippen molar-refractivity contribution in [1.29, 1.82) is 0 Å². The molecule has 0 bridgehead atoms. The van der Waals surface area contributed by atoms with E-state index in [0.717, 1.165) is 12.1 Å². The van der Waals surface area contributed by atoms with Gasteiger partial charge in [-0.1, -0.05) is 12.1 Å². The van der Waals surface area contributed by atoms with E-state index >= 15 is 0 Å². The number of benzene rings is 1. The Labute approximate surface area is 129 Å². The van der Waals surface area contributed by atoms with Crippen molar-refractivity contribution in [1.82, 2.24) is 10.2 Å². The van der Waals surface area contributed by atoms with Crippen molar-refractivity contribution in [2.45, 2.75) is 13.1 Å². The van der Waals surface area contributed by atoms with E-state index in [-0.39, 0.29) is 12.5 Å². The van der Waals surface area contributed by atoms with E-state index in [2.05, 4.69) is 5.32 Å². The minimum absolute atomic E-state index is 0.0273. The SMILES string of the molecule is CNCc1ccc(OCC(=O)N(C)Cc2ccsc2)cc1. The van der Waals surface area contributed by atoms with Gasteiger partial charge in [-0.25, -0.2) is 0 Å². The van der Waals surface area contributed by atoms with Crippen LogP contribution >= 0.6 is 11.3 Å². The summed E-state index contributed by atoms with van der Waals surface area (Å²) in [5.41, 5.74) is 2.33. The molecule has 5 heteroatoms. The summed E-state index contributed by atoms with van der Waals surface area (Å²) in [5.74, 6) is 0.688. The molecule has 112 valence electrons. The number of thiophene rings is 1. The van der Waals surface area contributed by atoms with Gasteiger partial charge in [-0.15, -0.1) is 0 Å². The van der Waals surface area contributed by atoms with E-state index in [1.165, 1.54) is 5.56 Å². The molecule has 0 saturated heterocycles. The van der Waals surface area contributed by atoms with Gasteiger partial charge in [0.15, 0.2) is 6.61 Å². The molecule has 0 aliphatic heterocycles. The summed E-state index contributed by atoms with van der Waals surface area (Å²) in [7, 11) is 3.70. The topological polar surface area (TPSA) is 41.6 Å². The molecule has 0 saturated carbocycles. The number of carbonyl (C=O) groups excluding carboxylic acids is 1. The minimum atomic E-state index is -0.0273. The van der Waals surface area contributed by atoms with Crippen molar-refractivity contribution < 1.29 is 9.53 Å². The maximum absolute atomic E-state index is 12.0. The molecule has 0 radical (unpaired) electrons. The van der Waals surface area contributed by atoms with Gasteiger partial charge in [0, 0.05) is 20.1 Å². The van der Waals surface area contributed by atoms with Crippen LogP contribution in [0.15, 0.2) is 41.1 Å². The van der Waals surface area contributed by atoms with Gasteiger partial charge in [0.25, 0.3) is 5.91 Å². The quantitative estimate of drug-likeness (QED) is 0.854. The van der Waals surface area contributed by atoms with Gasteiger partial charge in [-0.2, -0.15) is 11.3 Å². The maximum Gasteiger partial charge on any atom is 0.260 e. The molecule has 0 atom stereocenters. The van der Waals surface area contributed by atoms with Crippen molar-refractivity contribution in [3.8, 4) is 5.75 Å². The minimum Gasteiger partial charge on any atom is -0.484 e. The van der Waals surface area contributed by atoms with E-state index in [1.54, 1.807) is 23.3 Å². The largest absolute Gasteiger partial charge is 0.484 e. The summed E-state index contributed by atoms with van der Waals surface area (Å²) in [5, 5.41) is 7.15. The number of hydrogen-bond acceptors (Lipinski definition) is 4. The fraction of sp³-hybridized carbons (Fsp3) is 0.312. The van der Waals surface area contributed by atoms with Crippen molar-refractivity contribution in [3.63, 3.8) is 0 Å². The number of rotatable bonds is 7. The lowest BCUT2D eigenvalue weighted by Gasteiger charge is -2.16. The molecule has 1 aromatic carbocycles. The highest BCUT2D eigenvalue weighted by Crippen LogP contribution is 2.13. The Kier molecular flexibility index (Phi) is 5.78. The van der Waals surface area contributed by atoms with Gasteiger partial charge in [-0.05, 0) is 47.1 Å². The average molecular weight is 304 g/mol. The normalized spacial score (nSPS) is 10.4. The highest BCUT2D eigenvalue weighted by molar-refractivity contribution is 7.07. The number of hydrogen-bond donors (Lipinski definition) is 1. The maximum atomic E-state index is 12.0. The van der Waals surface area contributed by atoms with E-state index in [1.807, 2.05) is 48.1 Å². The first-order valence-corrected chi connectivity index (χ1v) is 7.74. The second-order valence-corrected chi connectivity index (χ2v) is 5.62. The zero-order valence-electron chi connectivity index (χ0n) is 12.3. The predicted molar refractivity (Wildman–Crippen MR) is 85.5 cm³/mol. The second-order valence-electron chi connectivity index (χ2n) is 4.84. The zero-order valence-corrected chi connectivity index (χ0v) is 13.2. The molecule has 0 unspecified atom stereocenters. The van der Waals surface area contributed by atoms with Crippen LogP contribution in [-0.4, -0.2) is 31.5 Å². The first kappa shape index (κ1) is 15.5. The van der Waals surface area contributed by atoms with Crippen molar-refractivity contribution >= 4 is 17.2 Å². The summed E-state index contributed by atoms with van der Waals surface area (Å²) in [4.78, 5) is 13.7. The van der Waals surface area contributed by atoms with Crippen LogP contribution in [0.5, 0.6) is 5.75 Å². The molecule has 1 N–H and O–H groups in total. The molecule has 0 fully saturated rings. The lowest BCUT2D eigenvalue weighted by molar-refractivity contribution is -0.132. The summed E-state index contributed by atoms with van der Waals surface area (Å²) in [6.07, 6.45) is 0. The predicted octanol–water partition coefficient (Wildman–Crippen LogP) is 2.50. The Morgan fingerprint density at radius 3 is 2.62 bits per heavy atom. The molecule has 4 nitrogen and oxygen atoms in total. The van der Waals surface area contributed by atoms with Gasteiger partial charge < -0.3 is 15.0 Å². The highest BCUT2D eigenvalue weighted by atomic mass is 32.1. The van der Waals surface area contributed by atoms with Gasteiger partial charge in [-0.3, -0.25) is 4.79 Å². The molecule has 1 aromatic heterocycles. The van der Waals surface area contributed by atoms with Gasteiger partial charge in [0.2, 0.25) is 0 Å². The van der Waals surface area contributed by atoms with Crippen LogP contribution in [0.2, 0.25) is 0 Å². The molecule has 2 aromatic rings. The van der Waals surface area contributed by atoms with Crippen LogP contribution in [0.25, 0.3) is 0 Å². The fourth-order valence-electron chi connectivity index (χ4n) is 1.91. The first-order valence-electron chi connectivity index (χ1n) is 6.80. The highest BCUT2D eigenvalue weighted by Gasteiger charge is 2.10. The molecular weight excluding hydrogens is 284 g/mol. The summed E-state index contributed by atoms with van der Waals surface area (Å²) >= 11 is 1.63. The number of carbonyl (C=O) groups is 1. The van der Waals surface area contributed by atoms with E-state index < -0.39 is 0 Å². The molecule has 2 rings (SSSR count). The molecule has 21 heavy (non-hydrogen) atoms. The van der Waals surface area contributed by atoms with Crippen LogP contribution < -0.4 is 10.1 Å². The van der Waals surface area contributed by atoms with E-state index in [4.69, 9.17) is 4.74 Å². The van der Waals surface area contributed by atoms with Crippen molar-refractivity contribution in [2.24, 2.45) is 0 Å². The smallest absolute Gasteiger partial charge is 0.260 e. The summed E-state index contributed by atoms with van der Waals surface area (Å²) in [6, 6.07) is 9.78. The summed E-state index contributed by atoms with van der Waals surface area (Å²) < 4.78 is 5.53. The van der Waals surface area contributed by atoms with Crippen LogP contribution in [0.4, 0.5) is 0 Å². The molecule has 1 amide bonds. The molecule has 0 aliphatic rings. The molecular formula is C16H20N2O2S. The molecule has 1 heterocycles. The number of nitrogens with zero attached hydrogens (tertiary/aromatic N) is 1. The average Bonchev–Trinajstić information content (AvgIpc) is 2.99. The lowest BCUT2D eigenvalue weighted by Crippen LogP contribution is -2.30. The van der Waals surface area contributed by atoms with Crippen LogP contribution in [0, 0.1) is 0 Å². The van der Waals surface area contributed by atoms with Gasteiger partial charge >= 0.3 is 0 Å². The van der Waals surface area contributed by atoms with Crippen LogP contribution in [0.3, 0.4) is 0 Å². The standard InChI is InChI=1S/C16H20N2O2S/c1-17-9-13-3-5-15(6-4-13)20-11-16(19)18(2)10-14-7-8-21-12-14/h3-8,12,17H,9-11H2,1-2H3. The number of nitrogens with one attached hydrogen (secondary N) is 1.